The van der Waals surface area contributed by atoms with Crippen LogP contribution in [0.25, 0.3) is 27.7 Å². The van der Waals surface area contributed by atoms with E-state index in [4.69, 9.17) is 5.10 Å². The maximum atomic E-state index is 14.8. The Labute approximate surface area is 230 Å². The molecule has 204 valence electrons. The zero-order valence-electron chi connectivity index (χ0n) is 22.9. The molecule has 0 aliphatic heterocycles. The quantitative estimate of drug-likeness (QED) is 0.258. The highest BCUT2D eigenvalue weighted by atomic mass is 19.1. The van der Waals surface area contributed by atoms with Crippen molar-refractivity contribution in [3.05, 3.63) is 94.8 Å². The smallest absolute Gasteiger partial charge is 0.324 e. The minimum Gasteiger partial charge on any atom is -0.373 e. The highest BCUT2D eigenvalue weighted by molar-refractivity contribution is 6.00. The number of pyridine rings is 2. The molecule has 0 fully saturated rings. The lowest BCUT2D eigenvalue weighted by Gasteiger charge is -2.14. The lowest BCUT2D eigenvalue weighted by molar-refractivity contribution is 0.262. The second kappa shape index (κ2) is 10.3. The summed E-state index contributed by atoms with van der Waals surface area (Å²) in [4.78, 5) is 30.6. The molecule has 5 aromatic rings. The molecule has 0 atom stereocenters. The highest BCUT2D eigenvalue weighted by Gasteiger charge is 2.22. The molecule has 0 aliphatic carbocycles. The van der Waals surface area contributed by atoms with Gasteiger partial charge in [0.25, 0.3) is 5.56 Å². The number of aromatic nitrogens is 4. The summed E-state index contributed by atoms with van der Waals surface area (Å²) in [5.41, 5.74) is 2.48. The number of carbonyl (C=O) groups excluding carboxylic acids is 1. The molecule has 3 N–H and O–H groups in total. The third-order valence-electron chi connectivity index (χ3n) is 6.61. The minimum atomic E-state index is -0.649. The van der Waals surface area contributed by atoms with Gasteiger partial charge in [0.1, 0.15) is 17.5 Å². The first-order valence-electron chi connectivity index (χ1n) is 12.8. The third kappa shape index (κ3) is 5.15. The lowest BCUT2D eigenvalue weighted by atomic mass is 9.92. The number of nitrogens with zero attached hydrogens (tertiary/aromatic N) is 4. The van der Waals surface area contributed by atoms with Gasteiger partial charge in [0, 0.05) is 48.8 Å². The maximum absolute atomic E-state index is 14.8. The van der Waals surface area contributed by atoms with Crippen LogP contribution in [0, 0.1) is 5.82 Å². The molecule has 3 aromatic heterocycles. The van der Waals surface area contributed by atoms with Gasteiger partial charge in [-0.2, -0.15) is 5.10 Å². The Morgan fingerprint density at radius 2 is 1.73 bits per heavy atom. The monoisotopic (exact) mass is 539 g/mol. The van der Waals surface area contributed by atoms with Crippen LogP contribution >= 0.6 is 0 Å². The molecule has 0 saturated carbocycles. The summed E-state index contributed by atoms with van der Waals surface area (Å²) in [6.07, 6.45) is 1.67. The van der Waals surface area contributed by atoms with Crippen LogP contribution in [-0.4, -0.2) is 32.4 Å². The van der Waals surface area contributed by atoms with Crippen molar-refractivity contribution in [2.75, 3.05) is 23.0 Å². The molecule has 2 aromatic carbocycles. The van der Waals surface area contributed by atoms with E-state index in [0.29, 0.717) is 28.3 Å². The van der Waals surface area contributed by atoms with E-state index in [1.54, 1.807) is 43.2 Å². The van der Waals surface area contributed by atoms with Gasteiger partial charge in [0.2, 0.25) is 0 Å². The number of hydrogen-bond acceptors (Lipinski definition) is 5. The number of rotatable bonds is 5. The first-order chi connectivity index (χ1) is 19.0. The predicted molar refractivity (Wildman–Crippen MR) is 157 cm³/mol. The molecule has 3 heterocycles. The normalized spacial score (nSPS) is 11.4. The third-order valence-corrected chi connectivity index (χ3v) is 6.61. The van der Waals surface area contributed by atoms with Crippen LogP contribution in [0.4, 0.5) is 26.5 Å². The van der Waals surface area contributed by atoms with E-state index in [-0.39, 0.29) is 16.7 Å². The molecule has 2 amide bonds. The number of amides is 2. The van der Waals surface area contributed by atoms with Gasteiger partial charge in [0.05, 0.1) is 22.6 Å². The van der Waals surface area contributed by atoms with Crippen molar-refractivity contribution in [2.45, 2.75) is 26.2 Å². The second-order valence-electron chi connectivity index (χ2n) is 10.5. The van der Waals surface area contributed by atoms with E-state index in [2.05, 4.69) is 20.9 Å². The fraction of sp³-hybridized carbons (Fsp3) is 0.200. The Kier molecular flexibility index (Phi) is 6.85. The van der Waals surface area contributed by atoms with Crippen LogP contribution in [-0.2, 0) is 12.5 Å². The summed E-state index contributed by atoms with van der Waals surface area (Å²) < 4.78 is 18.0. The van der Waals surface area contributed by atoms with E-state index in [0.717, 1.165) is 16.8 Å². The molecule has 0 bridgehead atoms. The molecule has 0 aliphatic rings. The zero-order valence-corrected chi connectivity index (χ0v) is 22.9. The topological polar surface area (TPSA) is 106 Å². The molecule has 9 nitrogen and oxygen atoms in total. The molecule has 0 saturated heterocycles. The van der Waals surface area contributed by atoms with Crippen LogP contribution < -0.4 is 21.5 Å². The minimum absolute atomic E-state index is 0.0670. The Morgan fingerprint density at radius 3 is 2.42 bits per heavy atom. The Balaban J connectivity index is 1.46. The van der Waals surface area contributed by atoms with Crippen molar-refractivity contribution < 1.29 is 9.18 Å². The van der Waals surface area contributed by atoms with E-state index in [1.165, 1.54) is 22.8 Å². The van der Waals surface area contributed by atoms with Gasteiger partial charge < -0.3 is 15.2 Å². The SMILES string of the molecule is CNc1cc2c(cn1)cc(-c1ccc(F)c(NC(=O)Nc3cc(C(C)(C)C)nn3-c3ccccc3)c1)c(=O)n2C. The number of carbonyl (C=O) groups is 1. The van der Waals surface area contributed by atoms with E-state index in [9.17, 15) is 14.0 Å². The number of aryl methyl sites for hydroxylation is 1. The van der Waals surface area contributed by atoms with Gasteiger partial charge in [-0.15, -0.1) is 0 Å². The average molecular weight is 540 g/mol. The molecule has 0 spiro atoms. The van der Waals surface area contributed by atoms with Crippen molar-refractivity contribution in [3.63, 3.8) is 0 Å². The first-order valence-corrected chi connectivity index (χ1v) is 12.8. The standard InChI is InChI=1S/C30H30FN7O2/c1-30(2,3)25-16-27(38(36-25)20-9-7-6-8-10-20)35-29(40)34-23-14-18(11-12-22(23)31)21-13-19-17-33-26(32-4)15-24(19)37(5)28(21)39/h6-17H,1-5H3,(H,32,33)(H2,34,35,40). The van der Waals surface area contributed by atoms with Gasteiger partial charge in [0.15, 0.2) is 0 Å². The van der Waals surface area contributed by atoms with Crippen LogP contribution in [0.2, 0.25) is 0 Å². The fourth-order valence-corrected chi connectivity index (χ4v) is 4.37. The number of halogens is 1. The van der Waals surface area contributed by atoms with Crippen molar-refractivity contribution in [1.29, 1.82) is 0 Å². The van der Waals surface area contributed by atoms with E-state index < -0.39 is 11.8 Å². The molecule has 10 heteroatoms. The Hall–Kier alpha value is -4.99. The molecular formula is C30H30FN7O2. The van der Waals surface area contributed by atoms with E-state index in [1.807, 2.05) is 51.1 Å². The summed E-state index contributed by atoms with van der Waals surface area (Å²) in [7, 11) is 3.42. The predicted octanol–water partition coefficient (Wildman–Crippen LogP) is 5.91. The molecule has 0 unspecified atom stereocenters. The Bertz CT molecular complexity index is 1790. The van der Waals surface area contributed by atoms with Crippen molar-refractivity contribution in [2.24, 2.45) is 7.05 Å². The fourth-order valence-electron chi connectivity index (χ4n) is 4.37. The number of benzene rings is 2. The summed E-state index contributed by atoms with van der Waals surface area (Å²) in [6, 6.07) is 18.2. The molecular weight excluding hydrogens is 509 g/mol. The van der Waals surface area contributed by atoms with Crippen molar-refractivity contribution in [1.82, 2.24) is 19.3 Å². The lowest BCUT2D eigenvalue weighted by Crippen LogP contribution is -2.22. The summed E-state index contributed by atoms with van der Waals surface area (Å²) in [6.45, 7) is 6.09. The van der Waals surface area contributed by atoms with Gasteiger partial charge in [-0.25, -0.2) is 18.9 Å². The maximum Gasteiger partial charge on any atom is 0.324 e. The largest absolute Gasteiger partial charge is 0.373 e. The first kappa shape index (κ1) is 26.6. The number of hydrogen-bond donors (Lipinski definition) is 3. The van der Waals surface area contributed by atoms with Crippen LogP contribution in [0.15, 0.2) is 77.7 Å². The summed E-state index contributed by atoms with van der Waals surface area (Å²) in [5.74, 6) is 0.434. The van der Waals surface area contributed by atoms with Gasteiger partial charge in [-0.3, -0.25) is 10.1 Å². The number of anilines is 3. The second-order valence-corrected chi connectivity index (χ2v) is 10.5. The number of fused-ring (bicyclic) bond motifs is 1. The molecule has 0 radical (unpaired) electrons. The molecule has 40 heavy (non-hydrogen) atoms. The molecule has 5 rings (SSSR count). The van der Waals surface area contributed by atoms with Gasteiger partial charge in [-0.05, 0) is 35.9 Å². The number of para-hydroxylation sites is 1. The number of nitrogens with one attached hydrogen (secondary N) is 3. The van der Waals surface area contributed by atoms with Crippen LogP contribution in [0.5, 0.6) is 0 Å². The van der Waals surface area contributed by atoms with Gasteiger partial charge in [-0.1, -0.05) is 45.0 Å². The van der Waals surface area contributed by atoms with Gasteiger partial charge >= 0.3 is 6.03 Å². The van der Waals surface area contributed by atoms with Crippen molar-refractivity contribution in [3.8, 4) is 16.8 Å². The number of urea groups is 1. The van der Waals surface area contributed by atoms with Crippen molar-refractivity contribution >= 4 is 34.3 Å². The average Bonchev–Trinajstić information content (AvgIpc) is 3.36. The Morgan fingerprint density at radius 1 is 0.975 bits per heavy atom. The van der Waals surface area contributed by atoms with E-state index >= 15 is 0 Å². The van der Waals surface area contributed by atoms with Crippen LogP contribution in [0.1, 0.15) is 26.5 Å². The highest BCUT2D eigenvalue weighted by Crippen LogP contribution is 2.28. The van der Waals surface area contributed by atoms with Crippen LogP contribution in [0.3, 0.4) is 0 Å². The summed E-state index contributed by atoms with van der Waals surface area (Å²) >= 11 is 0. The zero-order chi connectivity index (χ0) is 28.6. The summed E-state index contributed by atoms with van der Waals surface area (Å²) in [5, 5.41) is 13.8.